The predicted octanol–water partition coefficient (Wildman–Crippen LogP) is 3.01. The predicted molar refractivity (Wildman–Crippen MR) is 116 cm³/mol. The van der Waals surface area contributed by atoms with Gasteiger partial charge in [-0.05, 0) is 42.8 Å². The normalized spacial score (nSPS) is 16.7. The van der Waals surface area contributed by atoms with Crippen LogP contribution in [0.15, 0.2) is 58.3 Å². The van der Waals surface area contributed by atoms with Crippen molar-refractivity contribution < 1.29 is 22.7 Å². The molecular weight excluding hydrogens is 424 g/mol. The standard InChI is InChI=1S/C21H24N2O5S2/c1-15-12-13-23(18-6-4-5-7-19(18)29-15)20(24)14-28-21(25)16-8-10-17(11-9-16)30(26,27)22(2)3/h4-11,15H,12-14H2,1-3H3. The fourth-order valence-corrected chi connectivity index (χ4v) is 5.02. The minimum atomic E-state index is -3.58. The highest BCUT2D eigenvalue weighted by atomic mass is 32.2. The summed E-state index contributed by atoms with van der Waals surface area (Å²) in [7, 11) is -0.710. The van der Waals surface area contributed by atoms with Gasteiger partial charge in [0.25, 0.3) is 5.91 Å². The van der Waals surface area contributed by atoms with Gasteiger partial charge in [0.05, 0.1) is 16.1 Å². The van der Waals surface area contributed by atoms with Crippen molar-refractivity contribution in [2.24, 2.45) is 0 Å². The van der Waals surface area contributed by atoms with E-state index in [9.17, 15) is 18.0 Å². The van der Waals surface area contributed by atoms with Crippen LogP contribution in [0.4, 0.5) is 5.69 Å². The van der Waals surface area contributed by atoms with Gasteiger partial charge < -0.3 is 9.64 Å². The first-order chi connectivity index (χ1) is 14.2. The summed E-state index contributed by atoms with van der Waals surface area (Å²) in [5, 5.41) is 0.378. The van der Waals surface area contributed by atoms with E-state index in [1.165, 1.54) is 38.4 Å². The van der Waals surface area contributed by atoms with Gasteiger partial charge in [-0.2, -0.15) is 0 Å². The minimum Gasteiger partial charge on any atom is -0.452 e. The van der Waals surface area contributed by atoms with E-state index in [1.54, 1.807) is 16.7 Å². The van der Waals surface area contributed by atoms with Gasteiger partial charge in [-0.1, -0.05) is 19.1 Å². The van der Waals surface area contributed by atoms with E-state index >= 15 is 0 Å². The molecule has 0 aliphatic carbocycles. The minimum absolute atomic E-state index is 0.0768. The number of anilines is 1. The van der Waals surface area contributed by atoms with Crippen molar-refractivity contribution in [1.29, 1.82) is 0 Å². The lowest BCUT2D eigenvalue weighted by atomic mass is 10.2. The Bertz CT molecular complexity index is 1040. The molecule has 0 spiro atoms. The SMILES string of the molecule is CC1CCN(C(=O)COC(=O)c2ccc(S(=O)(=O)N(C)C)cc2)c2ccccc2S1. The number of sulfonamides is 1. The summed E-state index contributed by atoms with van der Waals surface area (Å²) in [6.07, 6.45) is 0.834. The van der Waals surface area contributed by atoms with Gasteiger partial charge in [0, 0.05) is 30.8 Å². The Kier molecular flexibility index (Phi) is 6.84. The summed E-state index contributed by atoms with van der Waals surface area (Å²) in [6, 6.07) is 13.1. The molecular formula is C21H24N2O5S2. The van der Waals surface area contributed by atoms with Crippen LogP contribution in [-0.4, -0.2) is 57.1 Å². The molecule has 1 atom stereocenters. The van der Waals surface area contributed by atoms with Gasteiger partial charge in [-0.15, -0.1) is 11.8 Å². The molecule has 2 aromatic carbocycles. The molecule has 1 aliphatic heterocycles. The molecule has 7 nitrogen and oxygen atoms in total. The van der Waals surface area contributed by atoms with Crippen molar-refractivity contribution in [2.75, 3.05) is 32.1 Å². The van der Waals surface area contributed by atoms with Crippen molar-refractivity contribution in [2.45, 2.75) is 28.4 Å². The Morgan fingerprint density at radius 2 is 1.80 bits per heavy atom. The summed E-state index contributed by atoms with van der Waals surface area (Å²) in [4.78, 5) is 27.9. The number of hydrogen-bond acceptors (Lipinski definition) is 6. The third kappa shape index (κ3) is 4.85. The van der Waals surface area contributed by atoms with Crippen LogP contribution in [0, 0.1) is 0 Å². The maximum Gasteiger partial charge on any atom is 0.338 e. The highest BCUT2D eigenvalue weighted by molar-refractivity contribution is 8.00. The zero-order chi connectivity index (χ0) is 21.9. The van der Waals surface area contributed by atoms with Crippen molar-refractivity contribution >= 4 is 39.3 Å². The smallest absolute Gasteiger partial charge is 0.338 e. The second-order valence-corrected chi connectivity index (χ2v) is 10.8. The van der Waals surface area contributed by atoms with Gasteiger partial charge >= 0.3 is 5.97 Å². The van der Waals surface area contributed by atoms with Crippen molar-refractivity contribution in [3.05, 3.63) is 54.1 Å². The molecule has 160 valence electrons. The number of amides is 1. The van der Waals surface area contributed by atoms with E-state index in [0.29, 0.717) is 11.8 Å². The number of ether oxygens (including phenoxy) is 1. The molecule has 0 fully saturated rings. The number of hydrogen-bond donors (Lipinski definition) is 0. The Balaban J connectivity index is 1.67. The van der Waals surface area contributed by atoms with Crippen LogP contribution in [0.25, 0.3) is 0 Å². The number of fused-ring (bicyclic) bond motifs is 1. The maximum absolute atomic E-state index is 12.8. The molecule has 0 saturated carbocycles. The second-order valence-electron chi connectivity index (χ2n) is 7.12. The van der Waals surface area contributed by atoms with Crippen LogP contribution in [0.2, 0.25) is 0 Å². The molecule has 1 aliphatic rings. The average molecular weight is 449 g/mol. The van der Waals surface area contributed by atoms with E-state index in [1.807, 2.05) is 24.3 Å². The van der Waals surface area contributed by atoms with Crippen LogP contribution < -0.4 is 4.90 Å². The molecule has 30 heavy (non-hydrogen) atoms. The molecule has 0 N–H and O–H groups in total. The van der Waals surface area contributed by atoms with Gasteiger partial charge in [0.15, 0.2) is 6.61 Å². The summed E-state index contributed by atoms with van der Waals surface area (Å²) >= 11 is 1.73. The number of thioether (sulfide) groups is 1. The molecule has 0 radical (unpaired) electrons. The molecule has 0 saturated heterocycles. The zero-order valence-electron chi connectivity index (χ0n) is 17.1. The number of carbonyl (C=O) groups is 2. The molecule has 0 bridgehead atoms. The first-order valence-corrected chi connectivity index (χ1v) is 11.8. The monoisotopic (exact) mass is 448 g/mol. The molecule has 9 heteroatoms. The number of nitrogens with zero attached hydrogens (tertiary/aromatic N) is 2. The molecule has 1 unspecified atom stereocenters. The van der Waals surface area contributed by atoms with E-state index in [2.05, 4.69) is 6.92 Å². The summed E-state index contributed by atoms with van der Waals surface area (Å²) in [5.41, 5.74) is 1.01. The lowest BCUT2D eigenvalue weighted by Crippen LogP contribution is -2.35. The lowest BCUT2D eigenvalue weighted by Gasteiger charge is -2.22. The molecule has 1 amide bonds. The van der Waals surface area contributed by atoms with Crippen molar-refractivity contribution in [3.63, 3.8) is 0 Å². The quantitative estimate of drug-likeness (QED) is 0.654. The Morgan fingerprint density at radius 3 is 2.47 bits per heavy atom. The lowest BCUT2D eigenvalue weighted by molar-refractivity contribution is -0.121. The first-order valence-electron chi connectivity index (χ1n) is 9.46. The number of para-hydroxylation sites is 1. The Labute approximate surface area is 181 Å². The number of rotatable bonds is 5. The number of carbonyl (C=O) groups excluding carboxylic acids is 2. The van der Waals surface area contributed by atoms with Crippen LogP contribution in [0.5, 0.6) is 0 Å². The average Bonchev–Trinajstić information content (AvgIpc) is 2.90. The summed E-state index contributed by atoms with van der Waals surface area (Å²) < 4.78 is 30.5. The molecule has 2 aromatic rings. The van der Waals surface area contributed by atoms with Crippen molar-refractivity contribution in [1.82, 2.24) is 4.31 Å². The number of benzene rings is 2. The first kappa shape index (κ1) is 22.3. The zero-order valence-corrected chi connectivity index (χ0v) is 18.7. The van der Waals surface area contributed by atoms with E-state index in [4.69, 9.17) is 4.74 Å². The fraction of sp³-hybridized carbons (Fsp3) is 0.333. The summed E-state index contributed by atoms with van der Waals surface area (Å²) in [5.74, 6) is -0.972. The fourth-order valence-electron chi connectivity index (χ4n) is 3.01. The maximum atomic E-state index is 12.8. The highest BCUT2D eigenvalue weighted by Gasteiger charge is 2.25. The molecule has 1 heterocycles. The second kappa shape index (κ2) is 9.20. The Morgan fingerprint density at radius 1 is 1.13 bits per heavy atom. The van der Waals surface area contributed by atoms with Gasteiger partial charge in [-0.3, -0.25) is 4.79 Å². The third-order valence-corrected chi connectivity index (χ3v) is 7.81. The van der Waals surface area contributed by atoms with Crippen molar-refractivity contribution in [3.8, 4) is 0 Å². The van der Waals surface area contributed by atoms with Gasteiger partial charge in [0.1, 0.15) is 0 Å². The van der Waals surface area contributed by atoms with E-state index < -0.39 is 16.0 Å². The highest BCUT2D eigenvalue weighted by Crippen LogP contribution is 2.37. The van der Waals surface area contributed by atoms with E-state index in [-0.39, 0.29) is 23.0 Å². The molecule has 0 aromatic heterocycles. The molecule has 3 rings (SSSR count). The van der Waals surface area contributed by atoms with Crippen LogP contribution in [0.1, 0.15) is 23.7 Å². The van der Waals surface area contributed by atoms with Crippen LogP contribution in [-0.2, 0) is 19.6 Å². The largest absolute Gasteiger partial charge is 0.452 e. The topological polar surface area (TPSA) is 84.0 Å². The van der Waals surface area contributed by atoms with Gasteiger partial charge in [0.2, 0.25) is 10.0 Å². The Hall–Kier alpha value is -2.36. The van der Waals surface area contributed by atoms with Gasteiger partial charge in [-0.25, -0.2) is 17.5 Å². The van der Waals surface area contributed by atoms with Crippen LogP contribution in [0.3, 0.4) is 0 Å². The third-order valence-electron chi connectivity index (χ3n) is 4.74. The summed E-state index contributed by atoms with van der Waals surface area (Å²) in [6.45, 7) is 2.29. The number of esters is 1. The van der Waals surface area contributed by atoms with Crippen LogP contribution >= 0.6 is 11.8 Å². The van der Waals surface area contributed by atoms with E-state index in [0.717, 1.165) is 21.3 Å².